The van der Waals surface area contributed by atoms with Crippen molar-refractivity contribution in [1.29, 1.82) is 0 Å². The molecular formula is C9H20ClNO2. The van der Waals surface area contributed by atoms with Gasteiger partial charge in [-0.05, 0) is 12.8 Å². The number of hydrogen-bond acceptors (Lipinski definition) is 2. The Balaban J connectivity index is 0. The molecule has 80 valence electrons. The van der Waals surface area contributed by atoms with Gasteiger partial charge in [-0.2, -0.15) is 0 Å². The lowest BCUT2D eigenvalue weighted by molar-refractivity contribution is -0.148. The summed E-state index contributed by atoms with van der Waals surface area (Å²) in [6.45, 7) is 5.83. The number of rotatable bonds is 4. The average Bonchev–Trinajstić information content (AvgIpc) is 2.09. The molecule has 0 aromatic carbocycles. The third-order valence-electron chi connectivity index (χ3n) is 2.20. The van der Waals surface area contributed by atoms with E-state index in [9.17, 15) is 4.79 Å². The van der Waals surface area contributed by atoms with Crippen LogP contribution in [0.25, 0.3) is 0 Å². The maximum atomic E-state index is 10.6. The van der Waals surface area contributed by atoms with Crippen LogP contribution >= 0.6 is 11.6 Å². The molecule has 0 saturated carbocycles. The van der Waals surface area contributed by atoms with Gasteiger partial charge in [-0.3, -0.25) is 4.79 Å². The predicted octanol–water partition coefficient (Wildman–Crippen LogP) is 2.08. The van der Waals surface area contributed by atoms with Gasteiger partial charge in [0, 0.05) is 12.4 Å². The Morgan fingerprint density at radius 1 is 1.38 bits per heavy atom. The highest BCUT2D eigenvalue weighted by atomic mass is 35.5. The monoisotopic (exact) mass is 209 g/mol. The molecule has 0 spiro atoms. The van der Waals surface area contributed by atoms with Gasteiger partial charge in [0.15, 0.2) is 0 Å². The van der Waals surface area contributed by atoms with Gasteiger partial charge >= 0.3 is 5.97 Å². The zero-order valence-corrected chi connectivity index (χ0v) is 9.40. The summed E-state index contributed by atoms with van der Waals surface area (Å²) < 4.78 is 0. The number of carboxylic acid groups (broad SMARTS) is 1. The summed E-state index contributed by atoms with van der Waals surface area (Å²) >= 11 is 5.00. The SMILES string of the molecule is CCC(CC)(CN)C(=O)O.CCCl. The fraction of sp³-hybridized carbons (Fsp3) is 0.889. The van der Waals surface area contributed by atoms with Gasteiger partial charge < -0.3 is 10.8 Å². The molecule has 0 heterocycles. The summed E-state index contributed by atoms with van der Waals surface area (Å²) in [7, 11) is 0. The van der Waals surface area contributed by atoms with Gasteiger partial charge in [-0.25, -0.2) is 0 Å². The van der Waals surface area contributed by atoms with Crippen molar-refractivity contribution in [3.05, 3.63) is 0 Å². The molecule has 0 aliphatic heterocycles. The lowest BCUT2D eigenvalue weighted by Crippen LogP contribution is -2.37. The van der Waals surface area contributed by atoms with Crippen molar-refractivity contribution in [2.24, 2.45) is 11.1 Å². The van der Waals surface area contributed by atoms with E-state index in [2.05, 4.69) is 0 Å². The quantitative estimate of drug-likeness (QED) is 0.697. The van der Waals surface area contributed by atoms with E-state index in [-0.39, 0.29) is 6.54 Å². The summed E-state index contributed by atoms with van der Waals surface area (Å²) in [6, 6.07) is 0. The van der Waals surface area contributed by atoms with E-state index in [1.165, 1.54) is 0 Å². The van der Waals surface area contributed by atoms with Crippen molar-refractivity contribution in [3.63, 3.8) is 0 Å². The predicted molar refractivity (Wildman–Crippen MR) is 56.1 cm³/mol. The second kappa shape index (κ2) is 8.32. The van der Waals surface area contributed by atoms with E-state index in [0.29, 0.717) is 12.8 Å². The molecule has 4 heteroatoms. The molecule has 13 heavy (non-hydrogen) atoms. The average molecular weight is 210 g/mol. The number of hydrogen-bond donors (Lipinski definition) is 2. The van der Waals surface area contributed by atoms with E-state index < -0.39 is 11.4 Å². The minimum atomic E-state index is -0.778. The minimum absolute atomic E-state index is 0.231. The fourth-order valence-corrected chi connectivity index (χ4v) is 0.928. The van der Waals surface area contributed by atoms with Crippen LogP contribution in [0.5, 0.6) is 0 Å². The van der Waals surface area contributed by atoms with E-state index in [0.717, 1.165) is 5.88 Å². The molecule has 0 unspecified atom stereocenters. The number of aliphatic carboxylic acids is 1. The van der Waals surface area contributed by atoms with Crippen molar-refractivity contribution in [3.8, 4) is 0 Å². The number of nitrogens with two attached hydrogens (primary N) is 1. The summed E-state index contributed by atoms with van der Waals surface area (Å²) in [5.41, 5.74) is 4.67. The van der Waals surface area contributed by atoms with Crippen molar-refractivity contribution in [2.45, 2.75) is 33.6 Å². The molecule has 0 aromatic rings. The number of halogens is 1. The first-order valence-electron chi connectivity index (χ1n) is 4.54. The Hall–Kier alpha value is -0.280. The first kappa shape index (κ1) is 15.2. The standard InChI is InChI=1S/C7H15NO2.C2H5Cl/c1-3-7(4-2,5-8)6(9)10;1-2-3/h3-5,8H2,1-2H3,(H,9,10);2H2,1H3. The molecule has 0 rings (SSSR count). The Morgan fingerprint density at radius 3 is 1.69 bits per heavy atom. The maximum absolute atomic E-state index is 10.6. The Morgan fingerprint density at radius 2 is 1.69 bits per heavy atom. The van der Waals surface area contributed by atoms with Crippen LogP contribution in [0.2, 0.25) is 0 Å². The first-order valence-corrected chi connectivity index (χ1v) is 5.07. The topological polar surface area (TPSA) is 63.3 Å². The van der Waals surface area contributed by atoms with Crippen LogP contribution in [0.1, 0.15) is 33.6 Å². The van der Waals surface area contributed by atoms with Gasteiger partial charge in [0.2, 0.25) is 0 Å². The van der Waals surface area contributed by atoms with Crippen molar-refractivity contribution < 1.29 is 9.90 Å². The summed E-state index contributed by atoms with van der Waals surface area (Å²) in [4.78, 5) is 10.6. The normalized spacial score (nSPS) is 10.2. The zero-order chi connectivity index (χ0) is 10.9. The Bertz CT molecular complexity index is 127. The lowest BCUT2D eigenvalue weighted by Gasteiger charge is -2.23. The Kier molecular flexibility index (Phi) is 9.74. The van der Waals surface area contributed by atoms with Gasteiger partial charge in [0.1, 0.15) is 0 Å². The van der Waals surface area contributed by atoms with Crippen LogP contribution < -0.4 is 5.73 Å². The fourth-order valence-electron chi connectivity index (χ4n) is 0.928. The highest BCUT2D eigenvalue weighted by Gasteiger charge is 2.32. The molecule has 0 aliphatic rings. The molecule has 0 aromatic heterocycles. The van der Waals surface area contributed by atoms with Crippen LogP contribution in [0.4, 0.5) is 0 Å². The van der Waals surface area contributed by atoms with Gasteiger partial charge in [-0.1, -0.05) is 20.8 Å². The van der Waals surface area contributed by atoms with Crippen molar-refractivity contribution in [1.82, 2.24) is 0 Å². The van der Waals surface area contributed by atoms with E-state index in [4.69, 9.17) is 22.4 Å². The molecule has 3 N–H and O–H groups in total. The smallest absolute Gasteiger partial charge is 0.310 e. The largest absolute Gasteiger partial charge is 0.481 e. The zero-order valence-electron chi connectivity index (χ0n) is 8.64. The second-order valence-corrected chi connectivity index (χ2v) is 3.30. The van der Waals surface area contributed by atoms with Crippen LogP contribution in [-0.4, -0.2) is 23.5 Å². The second-order valence-electron chi connectivity index (χ2n) is 2.76. The molecule has 0 aliphatic carbocycles. The summed E-state index contributed by atoms with van der Waals surface area (Å²) in [5.74, 6) is -0.0556. The third-order valence-corrected chi connectivity index (χ3v) is 2.20. The van der Waals surface area contributed by atoms with Crippen LogP contribution in [0.3, 0.4) is 0 Å². The molecular weight excluding hydrogens is 190 g/mol. The van der Waals surface area contributed by atoms with Crippen LogP contribution in [0.15, 0.2) is 0 Å². The highest BCUT2D eigenvalue weighted by molar-refractivity contribution is 6.17. The number of alkyl halides is 1. The number of carboxylic acids is 1. The van der Waals surface area contributed by atoms with E-state index in [1.807, 2.05) is 20.8 Å². The Labute approximate surface area is 85.3 Å². The van der Waals surface area contributed by atoms with Gasteiger partial charge in [-0.15, -0.1) is 11.6 Å². The van der Waals surface area contributed by atoms with Crippen molar-refractivity contribution in [2.75, 3.05) is 12.4 Å². The molecule has 0 radical (unpaired) electrons. The molecule has 0 amide bonds. The molecule has 0 saturated heterocycles. The molecule has 0 atom stereocenters. The summed E-state index contributed by atoms with van der Waals surface area (Å²) in [6.07, 6.45) is 1.21. The summed E-state index contributed by atoms with van der Waals surface area (Å²) in [5, 5.41) is 8.74. The minimum Gasteiger partial charge on any atom is -0.481 e. The lowest BCUT2D eigenvalue weighted by atomic mass is 9.83. The maximum Gasteiger partial charge on any atom is 0.310 e. The molecule has 0 bridgehead atoms. The van der Waals surface area contributed by atoms with Gasteiger partial charge in [0.05, 0.1) is 5.41 Å². The highest BCUT2D eigenvalue weighted by Crippen LogP contribution is 2.24. The van der Waals surface area contributed by atoms with E-state index in [1.54, 1.807) is 0 Å². The van der Waals surface area contributed by atoms with Crippen molar-refractivity contribution >= 4 is 17.6 Å². The third kappa shape index (κ3) is 5.11. The number of carbonyl (C=O) groups is 1. The molecule has 3 nitrogen and oxygen atoms in total. The van der Waals surface area contributed by atoms with Gasteiger partial charge in [0.25, 0.3) is 0 Å². The van der Waals surface area contributed by atoms with Crippen LogP contribution in [0, 0.1) is 5.41 Å². The molecule has 0 fully saturated rings. The first-order chi connectivity index (χ1) is 6.04. The van der Waals surface area contributed by atoms with E-state index >= 15 is 0 Å². The van der Waals surface area contributed by atoms with Crippen LogP contribution in [-0.2, 0) is 4.79 Å².